The second-order valence-corrected chi connectivity index (χ2v) is 5.32. The monoisotopic (exact) mass is 219 g/mol. The maximum Gasteiger partial charge on any atom is 0.0713 e. The molecule has 0 aromatic heterocycles. The van der Waals surface area contributed by atoms with Crippen LogP contribution in [0.5, 0.6) is 0 Å². The molecular weight excluding hydrogens is 198 g/mol. The molecule has 2 nitrogen and oxygen atoms in total. The second-order valence-electron chi connectivity index (χ2n) is 5.32. The van der Waals surface area contributed by atoms with Crippen LogP contribution in [-0.4, -0.2) is 13.7 Å². The zero-order chi connectivity index (χ0) is 11.8. The first kappa shape index (κ1) is 11.6. The topological polar surface area (TPSA) is 35.2 Å². The van der Waals surface area contributed by atoms with Crippen molar-refractivity contribution in [3.8, 4) is 0 Å². The smallest absolute Gasteiger partial charge is 0.0713 e. The van der Waals surface area contributed by atoms with Crippen molar-refractivity contribution in [2.75, 3.05) is 13.7 Å². The highest BCUT2D eigenvalue weighted by molar-refractivity contribution is 5.34. The third-order valence-electron chi connectivity index (χ3n) is 3.93. The Kier molecular flexibility index (Phi) is 3.04. The molecule has 0 bridgehead atoms. The van der Waals surface area contributed by atoms with Crippen LogP contribution in [0.15, 0.2) is 24.3 Å². The van der Waals surface area contributed by atoms with Crippen LogP contribution in [0.2, 0.25) is 0 Å². The first-order chi connectivity index (χ1) is 7.61. The average molecular weight is 219 g/mol. The van der Waals surface area contributed by atoms with Crippen molar-refractivity contribution < 1.29 is 4.74 Å². The summed E-state index contributed by atoms with van der Waals surface area (Å²) in [5.74, 6) is 1.25. The lowest BCUT2D eigenvalue weighted by Gasteiger charge is -2.06. The molecule has 0 amide bonds. The predicted octanol–water partition coefficient (Wildman–Crippen LogP) is 2.53. The Labute approximate surface area is 97.8 Å². The van der Waals surface area contributed by atoms with Gasteiger partial charge in [-0.15, -0.1) is 0 Å². The molecule has 0 spiro atoms. The normalized spacial score (nSPS) is 26.8. The summed E-state index contributed by atoms with van der Waals surface area (Å²) in [7, 11) is 1.73. The number of methoxy groups -OCH3 is 1. The molecule has 2 atom stereocenters. The SMILES string of the molecule is COCc1cccc([C@@H]2[C@@H](CN)C2(C)C)c1. The minimum atomic E-state index is 0.362. The molecule has 1 aliphatic carbocycles. The van der Waals surface area contributed by atoms with Gasteiger partial charge in [0.1, 0.15) is 0 Å². The van der Waals surface area contributed by atoms with Crippen molar-refractivity contribution in [3.63, 3.8) is 0 Å². The van der Waals surface area contributed by atoms with Gasteiger partial charge in [-0.05, 0) is 34.9 Å². The van der Waals surface area contributed by atoms with Crippen molar-refractivity contribution in [1.82, 2.24) is 0 Å². The van der Waals surface area contributed by atoms with E-state index in [1.165, 1.54) is 11.1 Å². The van der Waals surface area contributed by atoms with Crippen LogP contribution in [0, 0.1) is 11.3 Å². The highest BCUT2D eigenvalue weighted by Gasteiger charge is 2.57. The fourth-order valence-corrected chi connectivity index (χ4v) is 2.89. The van der Waals surface area contributed by atoms with Crippen LogP contribution < -0.4 is 5.73 Å². The molecule has 2 rings (SSSR count). The molecule has 1 aromatic rings. The van der Waals surface area contributed by atoms with Gasteiger partial charge < -0.3 is 10.5 Å². The van der Waals surface area contributed by atoms with Gasteiger partial charge in [0.15, 0.2) is 0 Å². The lowest BCUT2D eigenvalue weighted by Crippen LogP contribution is -2.05. The molecule has 0 saturated heterocycles. The van der Waals surface area contributed by atoms with Crippen molar-refractivity contribution in [1.29, 1.82) is 0 Å². The molecule has 1 aromatic carbocycles. The number of rotatable bonds is 4. The number of hydrogen-bond acceptors (Lipinski definition) is 2. The van der Waals surface area contributed by atoms with Gasteiger partial charge >= 0.3 is 0 Å². The molecule has 2 N–H and O–H groups in total. The molecule has 0 unspecified atom stereocenters. The van der Waals surface area contributed by atoms with E-state index in [2.05, 4.69) is 38.1 Å². The van der Waals surface area contributed by atoms with E-state index in [1.54, 1.807) is 7.11 Å². The van der Waals surface area contributed by atoms with E-state index < -0.39 is 0 Å². The van der Waals surface area contributed by atoms with Crippen LogP contribution in [-0.2, 0) is 11.3 Å². The summed E-state index contributed by atoms with van der Waals surface area (Å²) in [5.41, 5.74) is 8.83. The van der Waals surface area contributed by atoms with E-state index >= 15 is 0 Å². The van der Waals surface area contributed by atoms with Crippen LogP contribution in [0.3, 0.4) is 0 Å². The predicted molar refractivity (Wildman–Crippen MR) is 66.2 cm³/mol. The summed E-state index contributed by atoms with van der Waals surface area (Å²) in [5, 5.41) is 0. The van der Waals surface area contributed by atoms with Gasteiger partial charge in [0, 0.05) is 7.11 Å². The Hall–Kier alpha value is -0.860. The lowest BCUT2D eigenvalue weighted by atomic mass is 10.0. The van der Waals surface area contributed by atoms with Crippen LogP contribution >= 0.6 is 0 Å². The summed E-state index contributed by atoms with van der Waals surface area (Å²) < 4.78 is 5.16. The maximum atomic E-state index is 5.81. The molecular formula is C14H21NO. The third-order valence-corrected chi connectivity index (χ3v) is 3.93. The summed E-state index contributed by atoms with van der Waals surface area (Å²) >= 11 is 0. The molecule has 1 saturated carbocycles. The summed E-state index contributed by atoms with van der Waals surface area (Å²) in [6.07, 6.45) is 0. The van der Waals surface area contributed by atoms with Gasteiger partial charge in [-0.3, -0.25) is 0 Å². The standard InChI is InChI=1S/C14H21NO/c1-14(2)12(8-15)13(14)11-6-4-5-10(7-11)9-16-3/h4-7,12-13H,8-9,15H2,1-3H3/t12-,13-/m1/s1. The fourth-order valence-electron chi connectivity index (χ4n) is 2.89. The Morgan fingerprint density at radius 1 is 1.38 bits per heavy atom. The van der Waals surface area contributed by atoms with E-state index in [9.17, 15) is 0 Å². The third kappa shape index (κ3) is 1.87. The van der Waals surface area contributed by atoms with E-state index in [1.807, 2.05) is 0 Å². The first-order valence-corrected chi connectivity index (χ1v) is 5.89. The summed E-state index contributed by atoms with van der Waals surface area (Å²) in [6, 6.07) is 8.69. The Morgan fingerprint density at radius 3 is 2.69 bits per heavy atom. The molecule has 2 heteroatoms. The quantitative estimate of drug-likeness (QED) is 0.844. The van der Waals surface area contributed by atoms with Crippen molar-refractivity contribution in [2.24, 2.45) is 17.1 Å². The molecule has 16 heavy (non-hydrogen) atoms. The summed E-state index contributed by atoms with van der Waals surface area (Å²) in [6.45, 7) is 6.08. The molecule has 88 valence electrons. The van der Waals surface area contributed by atoms with Crippen LogP contribution in [0.4, 0.5) is 0 Å². The summed E-state index contributed by atoms with van der Waals surface area (Å²) in [4.78, 5) is 0. The minimum Gasteiger partial charge on any atom is -0.380 e. The highest BCUT2D eigenvalue weighted by Crippen LogP contribution is 2.63. The van der Waals surface area contributed by atoms with Crippen LogP contribution in [0.25, 0.3) is 0 Å². The van der Waals surface area contributed by atoms with Gasteiger partial charge in [0.25, 0.3) is 0 Å². The van der Waals surface area contributed by atoms with E-state index in [4.69, 9.17) is 10.5 Å². The lowest BCUT2D eigenvalue weighted by molar-refractivity contribution is 0.185. The van der Waals surface area contributed by atoms with Crippen LogP contribution in [0.1, 0.15) is 30.9 Å². The molecule has 1 fully saturated rings. The van der Waals surface area contributed by atoms with Crippen molar-refractivity contribution in [2.45, 2.75) is 26.4 Å². The second kappa shape index (κ2) is 4.19. The van der Waals surface area contributed by atoms with E-state index in [-0.39, 0.29) is 0 Å². The van der Waals surface area contributed by atoms with Gasteiger partial charge in [-0.2, -0.15) is 0 Å². The highest BCUT2D eigenvalue weighted by atomic mass is 16.5. The van der Waals surface area contributed by atoms with E-state index in [0.29, 0.717) is 23.9 Å². The number of ether oxygens (including phenoxy) is 1. The Morgan fingerprint density at radius 2 is 2.12 bits per heavy atom. The molecule has 0 aliphatic heterocycles. The van der Waals surface area contributed by atoms with Gasteiger partial charge in [-0.1, -0.05) is 38.1 Å². The van der Waals surface area contributed by atoms with Gasteiger partial charge in [0.2, 0.25) is 0 Å². The largest absolute Gasteiger partial charge is 0.380 e. The average Bonchev–Trinajstić information content (AvgIpc) is 2.81. The molecule has 0 heterocycles. The fraction of sp³-hybridized carbons (Fsp3) is 0.571. The Bertz CT molecular complexity index is 373. The van der Waals surface area contributed by atoms with E-state index in [0.717, 1.165) is 6.54 Å². The van der Waals surface area contributed by atoms with Gasteiger partial charge in [0.05, 0.1) is 6.61 Å². The zero-order valence-electron chi connectivity index (χ0n) is 10.4. The van der Waals surface area contributed by atoms with Gasteiger partial charge in [-0.25, -0.2) is 0 Å². The zero-order valence-corrected chi connectivity index (χ0v) is 10.4. The number of nitrogens with two attached hydrogens (primary N) is 1. The van der Waals surface area contributed by atoms with Crippen molar-refractivity contribution >= 4 is 0 Å². The molecule has 0 radical (unpaired) electrons. The number of hydrogen-bond donors (Lipinski definition) is 1. The molecule has 1 aliphatic rings. The first-order valence-electron chi connectivity index (χ1n) is 5.89. The Balaban J connectivity index is 2.19. The minimum absolute atomic E-state index is 0.362. The van der Waals surface area contributed by atoms with Crippen molar-refractivity contribution in [3.05, 3.63) is 35.4 Å². The maximum absolute atomic E-state index is 5.81. The number of benzene rings is 1.